The molecule has 0 bridgehead atoms. The summed E-state index contributed by atoms with van der Waals surface area (Å²) in [6.07, 6.45) is 1.34. The van der Waals surface area contributed by atoms with Crippen molar-refractivity contribution in [1.29, 1.82) is 0 Å². The Morgan fingerprint density at radius 3 is 2.43 bits per heavy atom. The lowest BCUT2D eigenvalue weighted by Gasteiger charge is -2.06. The number of halogens is 2. The van der Waals surface area contributed by atoms with Crippen molar-refractivity contribution in [3.63, 3.8) is 0 Å². The molecule has 0 saturated carbocycles. The summed E-state index contributed by atoms with van der Waals surface area (Å²) in [7, 11) is 0. The van der Waals surface area contributed by atoms with Gasteiger partial charge in [0.25, 0.3) is 0 Å². The van der Waals surface area contributed by atoms with Gasteiger partial charge in [-0.3, -0.25) is 9.59 Å². The summed E-state index contributed by atoms with van der Waals surface area (Å²) in [5, 5.41) is 5.86. The summed E-state index contributed by atoms with van der Waals surface area (Å²) in [5.74, 6) is -2.48. The number of nitrogens with zero attached hydrogens (tertiary/aromatic N) is 1. The molecule has 0 aromatic heterocycles. The van der Waals surface area contributed by atoms with Crippen molar-refractivity contribution < 1.29 is 23.1 Å². The van der Waals surface area contributed by atoms with Gasteiger partial charge in [-0.15, -0.1) is 0 Å². The van der Waals surface area contributed by atoms with Crippen LogP contribution in [-0.2, 0) is 16.2 Å². The van der Waals surface area contributed by atoms with Crippen LogP contribution in [0, 0.1) is 11.6 Å². The number of ether oxygens (including phenoxy) is 1. The zero-order chi connectivity index (χ0) is 21.3. The Kier molecular flexibility index (Phi) is 6.83. The Morgan fingerprint density at radius 1 is 0.933 bits per heavy atom. The van der Waals surface area contributed by atoms with Gasteiger partial charge in [0.05, 0.1) is 11.9 Å². The summed E-state index contributed by atoms with van der Waals surface area (Å²) >= 11 is 0. The molecular weight excluding hydrogens is 392 g/mol. The van der Waals surface area contributed by atoms with Crippen LogP contribution in [0.15, 0.2) is 77.9 Å². The molecule has 0 atom stereocenters. The summed E-state index contributed by atoms with van der Waals surface area (Å²) in [5.41, 5.74) is 3.31. The molecule has 0 radical (unpaired) electrons. The SMILES string of the molecule is O=C(N/N=C/c1ccc(OCc2cccc(F)c2)cc1)C(=O)Nc1ccccc1F. The van der Waals surface area contributed by atoms with Crippen molar-refractivity contribution in [3.05, 3.63) is 95.6 Å². The van der Waals surface area contributed by atoms with E-state index in [0.29, 0.717) is 16.9 Å². The maximum absolute atomic E-state index is 13.5. The maximum atomic E-state index is 13.5. The van der Waals surface area contributed by atoms with E-state index in [-0.39, 0.29) is 18.1 Å². The fourth-order valence-electron chi connectivity index (χ4n) is 2.40. The van der Waals surface area contributed by atoms with Crippen molar-refractivity contribution in [1.82, 2.24) is 5.43 Å². The highest BCUT2D eigenvalue weighted by molar-refractivity contribution is 6.39. The van der Waals surface area contributed by atoms with Gasteiger partial charge < -0.3 is 10.1 Å². The summed E-state index contributed by atoms with van der Waals surface area (Å²) in [4.78, 5) is 23.5. The number of carbonyl (C=O) groups is 2. The first-order valence-electron chi connectivity index (χ1n) is 8.87. The predicted molar refractivity (Wildman–Crippen MR) is 108 cm³/mol. The molecule has 3 rings (SSSR count). The Labute approximate surface area is 171 Å². The smallest absolute Gasteiger partial charge is 0.329 e. The Balaban J connectivity index is 1.48. The van der Waals surface area contributed by atoms with Crippen LogP contribution in [0.4, 0.5) is 14.5 Å². The molecule has 0 spiro atoms. The van der Waals surface area contributed by atoms with Gasteiger partial charge in [-0.2, -0.15) is 5.10 Å². The van der Waals surface area contributed by atoms with Crippen LogP contribution in [-0.4, -0.2) is 18.0 Å². The zero-order valence-corrected chi connectivity index (χ0v) is 15.6. The second-order valence-corrected chi connectivity index (χ2v) is 6.12. The lowest BCUT2D eigenvalue weighted by atomic mass is 10.2. The van der Waals surface area contributed by atoms with Crippen LogP contribution in [0.1, 0.15) is 11.1 Å². The minimum absolute atomic E-state index is 0.101. The van der Waals surface area contributed by atoms with Crippen LogP contribution < -0.4 is 15.5 Å². The molecule has 3 aromatic carbocycles. The van der Waals surface area contributed by atoms with Crippen molar-refractivity contribution in [2.45, 2.75) is 6.61 Å². The van der Waals surface area contributed by atoms with Crippen LogP contribution in [0.25, 0.3) is 0 Å². The number of hydrogen-bond acceptors (Lipinski definition) is 4. The Bertz CT molecular complexity index is 1070. The van der Waals surface area contributed by atoms with Gasteiger partial charge in [0.15, 0.2) is 0 Å². The van der Waals surface area contributed by atoms with Crippen LogP contribution in [0.2, 0.25) is 0 Å². The molecule has 0 fully saturated rings. The van der Waals surface area contributed by atoms with Gasteiger partial charge >= 0.3 is 11.8 Å². The van der Waals surface area contributed by atoms with Gasteiger partial charge in [0.1, 0.15) is 24.0 Å². The van der Waals surface area contributed by atoms with Gasteiger partial charge in [-0.05, 0) is 59.7 Å². The normalized spacial score (nSPS) is 10.6. The largest absolute Gasteiger partial charge is 0.489 e. The van der Waals surface area contributed by atoms with Crippen LogP contribution in [0.3, 0.4) is 0 Å². The molecule has 0 unspecified atom stereocenters. The number of amides is 2. The molecule has 0 aliphatic heterocycles. The molecule has 3 aromatic rings. The number of anilines is 1. The first-order valence-corrected chi connectivity index (χ1v) is 8.87. The zero-order valence-electron chi connectivity index (χ0n) is 15.6. The van der Waals surface area contributed by atoms with Crippen LogP contribution >= 0.6 is 0 Å². The number of benzene rings is 3. The fourth-order valence-corrected chi connectivity index (χ4v) is 2.40. The van der Waals surface area contributed by atoms with E-state index in [1.54, 1.807) is 36.4 Å². The first-order chi connectivity index (χ1) is 14.5. The Morgan fingerprint density at radius 2 is 1.70 bits per heavy atom. The fraction of sp³-hybridized carbons (Fsp3) is 0.0455. The highest BCUT2D eigenvalue weighted by Gasteiger charge is 2.14. The lowest BCUT2D eigenvalue weighted by molar-refractivity contribution is -0.136. The lowest BCUT2D eigenvalue weighted by Crippen LogP contribution is -2.32. The van der Waals surface area contributed by atoms with E-state index >= 15 is 0 Å². The quantitative estimate of drug-likeness (QED) is 0.371. The van der Waals surface area contributed by atoms with Gasteiger partial charge in [0, 0.05) is 0 Å². The van der Waals surface area contributed by atoms with E-state index in [0.717, 1.165) is 6.07 Å². The van der Waals surface area contributed by atoms with E-state index in [9.17, 15) is 18.4 Å². The van der Waals surface area contributed by atoms with Gasteiger partial charge in [-0.25, -0.2) is 14.2 Å². The second kappa shape index (κ2) is 9.92. The van der Waals surface area contributed by atoms with Crippen LogP contribution in [0.5, 0.6) is 5.75 Å². The standard InChI is InChI=1S/C22H17F2N3O3/c23-17-5-3-4-16(12-17)14-30-18-10-8-15(9-11-18)13-25-27-22(29)21(28)26-20-7-2-1-6-19(20)24/h1-13H,14H2,(H,26,28)(H,27,29)/b25-13+. The number of carbonyl (C=O) groups excluding carboxylic acids is 2. The third kappa shape index (κ3) is 5.96. The molecule has 152 valence electrons. The average molecular weight is 409 g/mol. The molecular formula is C22H17F2N3O3. The molecule has 0 aliphatic carbocycles. The van der Waals surface area contributed by atoms with Crippen molar-refractivity contribution in [2.24, 2.45) is 5.10 Å². The topological polar surface area (TPSA) is 79.8 Å². The Hall–Kier alpha value is -4.07. The minimum Gasteiger partial charge on any atom is -0.489 e. The molecule has 0 heterocycles. The molecule has 0 aliphatic rings. The van der Waals surface area contributed by atoms with Crippen molar-refractivity contribution in [2.75, 3.05) is 5.32 Å². The minimum atomic E-state index is -1.04. The third-order valence-electron chi connectivity index (χ3n) is 3.88. The summed E-state index contributed by atoms with van der Waals surface area (Å²) in [6.45, 7) is 0.221. The third-order valence-corrected chi connectivity index (χ3v) is 3.88. The highest BCUT2D eigenvalue weighted by atomic mass is 19.1. The van der Waals surface area contributed by atoms with E-state index in [4.69, 9.17) is 4.74 Å². The maximum Gasteiger partial charge on any atom is 0.329 e. The molecule has 30 heavy (non-hydrogen) atoms. The van der Waals surface area contributed by atoms with Crippen molar-refractivity contribution >= 4 is 23.7 Å². The summed E-state index contributed by atoms with van der Waals surface area (Å²) < 4.78 is 32.2. The number of hydrogen-bond donors (Lipinski definition) is 2. The first kappa shape index (κ1) is 20.7. The van der Waals surface area contributed by atoms with E-state index in [2.05, 4.69) is 15.8 Å². The number of nitrogens with one attached hydrogen (secondary N) is 2. The van der Waals surface area contributed by atoms with E-state index < -0.39 is 17.6 Å². The highest BCUT2D eigenvalue weighted by Crippen LogP contribution is 2.14. The molecule has 8 heteroatoms. The number of rotatable bonds is 6. The molecule has 6 nitrogen and oxygen atoms in total. The van der Waals surface area contributed by atoms with E-state index in [1.165, 1.54) is 36.5 Å². The number of para-hydroxylation sites is 1. The predicted octanol–water partition coefficient (Wildman–Crippen LogP) is 3.63. The summed E-state index contributed by atoms with van der Waals surface area (Å²) in [6, 6.07) is 18.4. The van der Waals surface area contributed by atoms with Gasteiger partial charge in [0.2, 0.25) is 0 Å². The molecule has 2 amide bonds. The van der Waals surface area contributed by atoms with Gasteiger partial charge in [-0.1, -0.05) is 24.3 Å². The monoisotopic (exact) mass is 409 g/mol. The molecule has 0 saturated heterocycles. The molecule has 2 N–H and O–H groups in total. The van der Waals surface area contributed by atoms with E-state index in [1.807, 2.05) is 0 Å². The number of hydrazone groups is 1. The average Bonchev–Trinajstić information content (AvgIpc) is 2.75. The van der Waals surface area contributed by atoms with Crippen molar-refractivity contribution in [3.8, 4) is 5.75 Å². The second-order valence-electron chi connectivity index (χ2n) is 6.12.